The second kappa shape index (κ2) is 10.2. The van der Waals surface area contributed by atoms with Crippen molar-refractivity contribution in [1.29, 1.82) is 0 Å². The lowest BCUT2D eigenvalue weighted by atomic mass is 9.95. The highest BCUT2D eigenvalue weighted by Crippen LogP contribution is 2.32. The highest BCUT2D eigenvalue weighted by Gasteiger charge is 2.30. The van der Waals surface area contributed by atoms with Crippen molar-refractivity contribution in [3.8, 4) is 0 Å². The number of carbonyl (C=O) groups excluding carboxylic acids is 2. The van der Waals surface area contributed by atoms with Crippen LogP contribution >= 0.6 is 11.3 Å². The van der Waals surface area contributed by atoms with Gasteiger partial charge in [0.1, 0.15) is 0 Å². The van der Waals surface area contributed by atoms with Gasteiger partial charge in [-0.05, 0) is 37.7 Å². The molecule has 3 aliphatic heterocycles. The third-order valence-corrected chi connectivity index (χ3v) is 8.03. The highest BCUT2D eigenvalue weighted by molar-refractivity contribution is 7.19. The lowest BCUT2D eigenvalue weighted by molar-refractivity contribution is -0.126. The average Bonchev–Trinajstić information content (AvgIpc) is 3.50. The summed E-state index contributed by atoms with van der Waals surface area (Å²) in [6, 6.07) is 10.9. The Balaban J connectivity index is 1.05. The number of amides is 2. The van der Waals surface area contributed by atoms with Crippen molar-refractivity contribution < 1.29 is 9.59 Å². The van der Waals surface area contributed by atoms with E-state index in [-0.39, 0.29) is 23.8 Å². The summed E-state index contributed by atoms with van der Waals surface area (Å²) in [5, 5.41) is 13.4. The van der Waals surface area contributed by atoms with E-state index >= 15 is 0 Å². The molecule has 0 spiro atoms. The molecule has 5 rings (SSSR count). The number of likely N-dealkylation sites (tertiary alicyclic amines) is 1. The third-order valence-electron chi connectivity index (χ3n) is 7.03. The van der Waals surface area contributed by atoms with E-state index in [1.54, 1.807) is 4.90 Å². The van der Waals surface area contributed by atoms with E-state index in [1.165, 1.54) is 16.9 Å². The molecule has 9 heteroatoms. The maximum atomic E-state index is 12.9. The summed E-state index contributed by atoms with van der Waals surface area (Å²) in [7, 11) is 0. The minimum Gasteiger partial charge on any atom is -0.353 e. The van der Waals surface area contributed by atoms with Gasteiger partial charge in [-0.2, -0.15) is 0 Å². The van der Waals surface area contributed by atoms with Gasteiger partial charge in [0.2, 0.25) is 22.1 Å². The van der Waals surface area contributed by atoms with Gasteiger partial charge in [-0.3, -0.25) is 19.4 Å². The van der Waals surface area contributed by atoms with Gasteiger partial charge in [0, 0.05) is 57.6 Å². The molecule has 1 N–H and O–H groups in total. The number of carbonyl (C=O) groups is 2. The van der Waals surface area contributed by atoms with Crippen LogP contribution in [0, 0.1) is 5.92 Å². The first-order valence-electron chi connectivity index (χ1n) is 12.1. The van der Waals surface area contributed by atoms with Crippen LogP contribution in [0.3, 0.4) is 0 Å². The second-order valence-electron chi connectivity index (χ2n) is 9.32. The van der Waals surface area contributed by atoms with Crippen LogP contribution in [0.25, 0.3) is 0 Å². The number of aromatic nitrogens is 2. The van der Waals surface area contributed by atoms with E-state index in [1.807, 2.05) is 0 Å². The normalized spacial score (nSPS) is 21.0. The molecule has 176 valence electrons. The van der Waals surface area contributed by atoms with Crippen LogP contribution in [0.2, 0.25) is 0 Å². The largest absolute Gasteiger partial charge is 0.353 e. The molecule has 0 bridgehead atoms. The molecular weight excluding hydrogens is 436 g/mol. The zero-order valence-electron chi connectivity index (χ0n) is 19.0. The Morgan fingerprint density at radius 2 is 1.70 bits per heavy atom. The van der Waals surface area contributed by atoms with Gasteiger partial charge in [-0.25, -0.2) is 0 Å². The fraction of sp³-hybridized carbons (Fsp3) is 0.583. The van der Waals surface area contributed by atoms with Crippen LogP contribution in [-0.4, -0.2) is 65.7 Å². The molecule has 3 aliphatic rings. The van der Waals surface area contributed by atoms with Gasteiger partial charge in [-0.1, -0.05) is 41.7 Å². The number of nitrogens with one attached hydrogen (secondary N) is 1. The fourth-order valence-corrected chi connectivity index (χ4v) is 5.97. The zero-order valence-corrected chi connectivity index (χ0v) is 19.8. The highest BCUT2D eigenvalue weighted by atomic mass is 32.1. The molecule has 0 saturated carbocycles. The summed E-state index contributed by atoms with van der Waals surface area (Å²) >= 11 is 1.48. The fourth-order valence-electron chi connectivity index (χ4n) is 5.02. The SMILES string of the molecule is O=C(NC1CCN(Cc2ccccc2)CC1)C1CCN(c2nnc(N3CCCC3=O)s2)CC1. The molecular formula is C24H32N6O2S. The molecule has 4 heterocycles. The van der Waals surface area contributed by atoms with Crippen LogP contribution in [0.4, 0.5) is 10.3 Å². The van der Waals surface area contributed by atoms with Crippen molar-refractivity contribution in [2.75, 3.05) is 42.5 Å². The van der Waals surface area contributed by atoms with E-state index in [9.17, 15) is 9.59 Å². The molecule has 0 unspecified atom stereocenters. The Bertz CT molecular complexity index is 951. The van der Waals surface area contributed by atoms with E-state index in [4.69, 9.17) is 0 Å². The Kier molecular flexibility index (Phi) is 6.87. The summed E-state index contributed by atoms with van der Waals surface area (Å²) in [6.07, 6.45) is 5.18. The van der Waals surface area contributed by atoms with Crippen molar-refractivity contribution in [3.05, 3.63) is 35.9 Å². The van der Waals surface area contributed by atoms with Crippen molar-refractivity contribution in [2.45, 2.75) is 51.1 Å². The lowest BCUT2D eigenvalue weighted by Gasteiger charge is -2.35. The Morgan fingerprint density at radius 3 is 2.39 bits per heavy atom. The van der Waals surface area contributed by atoms with Gasteiger partial charge in [0.15, 0.2) is 0 Å². The third kappa shape index (κ3) is 5.35. The first-order chi connectivity index (χ1) is 16.2. The predicted octanol–water partition coefficient (Wildman–Crippen LogP) is 2.66. The van der Waals surface area contributed by atoms with Gasteiger partial charge >= 0.3 is 0 Å². The molecule has 1 aromatic carbocycles. The molecule has 0 aliphatic carbocycles. The first kappa shape index (κ1) is 22.3. The molecule has 3 saturated heterocycles. The zero-order chi connectivity index (χ0) is 22.6. The minimum atomic E-state index is 0.0659. The van der Waals surface area contributed by atoms with E-state index < -0.39 is 0 Å². The Labute approximate surface area is 199 Å². The summed E-state index contributed by atoms with van der Waals surface area (Å²) in [5.74, 6) is 0.409. The van der Waals surface area contributed by atoms with Crippen LogP contribution in [0.1, 0.15) is 44.1 Å². The summed E-state index contributed by atoms with van der Waals surface area (Å²) in [6.45, 7) is 5.38. The standard InChI is InChI=1S/C24H32N6O2S/c31-21-7-4-12-30(21)24-27-26-23(33-24)29-15-8-19(9-16-29)22(32)25-20-10-13-28(14-11-20)17-18-5-2-1-3-6-18/h1-3,5-6,19-20H,4,7-17H2,(H,25,32). The lowest BCUT2D eigenvalue weighted by Crippen LogP contribution is -2.48. The molecule has 2 amide bonds. The summed E-state index contributed by atoms with van der Waals surface area (Å²) in [4.78, 5) is 31.2. The number of anilines is 2. The van der Waals surface area contributed by atoms with Gasteiger partial charge in [0.05, 0.1) is 0 Å². The summed E-state index contributed by atoms with van der Waals surface area (Å²) < 4.78 is 0. The maximum Gasteiger partial charge on any atom is 0.228 e. The van der Waals surface area contributed by atoms with E-state index in [0.29, 0.717) is 11.6 Å². The topological polar surface area (TPSA) is 81.7 Å². The Morgan fingerprint density at radius 1 is 0.970 bits per heavy atom. The molecule has 0 atom stereocenters. The molecule has 3 fully saturated rings. The van der Waals surface area contributed by atoms with Gasteiger partial charge in [-0.15, -0.1) is 10.2 Å². The Hall–Kier alpha value is -2.52. The molecule has 33 heavy (non-hydrogen) atoms. The number of piperidine rings is 2. The number of hydrogen-bond acceptors (Lipinski definition) is 7. The monoisotopic (exact) mass is 468 g/mol. The molecule has 2 aromatic rings. The van der Waals surface area contributed by atoms with Crippen molar-refractivity contribution in [3.63, 3.8) is 0 Å². The second-order valence-corrected chi connectivity index (χ2v) is 10.3. The molecule has 1 aromatic heterocycles. The quantitative estimate of drug-likeness (QED) is 0.702. The number of benzene rings is 1. The van der Waals surface area contributed by atoms with E-state index in [2.05, 4.69) is 55.6 Å². The van der Waals surface area contributed by atoms with Crippen LogP contribution in [0.5, 0.6) is 0 Å². The van der Waals surface area contributed by atoms with E-state index in [0.717, 1.165) is 76.5 Å². The number of nitrogens with zero attached hydrogens (tertiary/aromatic N) is 5. The number of rotatable bonds is 6. The van der Waals surface area contributed by atoms with Crippen molar-refractivity contribution in [2.24, 2.45) is 5.92 Å². The first-order valence-corrected chi connectivity index (χ1v) is 12.9. The van der Waals surface area contributed by atoms with Crippen molar-refractivity contribution in [1.82, 2.24) is 20.4 Å². The minimum absolute atomic E-state index is 0.0659. The van der Waals surface area contributed by atoms with Crippen LogP contribution in [0.15, 0.2) is 30.3 Å². The van der Waals surface area contributed by atoms with Crippen LogP contribution < -0.4 is 15.1 Å². The summed E-state index contributed by atoms with van der Waals surface area (Å²) in [5.41, 5.74) is 1.35. The van der Waals surface area contributed by atoms with Gasteiger partial charge in [0.25, 0.3) is 0 Å². The smallest absolute Gasteiger partial charge is 0.228 e. The maximum absolute atomic E-state index is 12.9. The number of hydrogen-bond donors (Lipinski definition) is 1. The average molecular weight is 469 g/mol. The van der Waals surface area contributed by atoms with Crippen molar-refractivity contribution >= 4 is 33.4 Å². The van der Waals surface area contributed by atoms with Crippen LogP contribution in [-0.2, 0) is 16.1 Å². The predicted molar refractivity (Wildman–Crippen MR) is 129 cm³/mol. The molecule has 8 nitrogen and oxygen atoms in total. The van der Waals surface area contributed by atoms with Gasteiger partial charge < -0.3 is 10.2 Å². The molecule has 0 radical (unpaired) electrons.